The fourth-order valence-electron chi connectivity index (χ4n) is 2.13. The molecule has 0 aliphatic carbocycles. The van der Waals surface area contributed by atoms with Gasteiger partial charge in [-0.1, -0.05) is 0 Å². The van der Waals surface area contributed by atoms with E-state index in [1.54, 1.807) is 0 Å². The van der Waals surface area contributed by atoms with E-state index in [-0.39, 0.29) is 30.4 Å². The van der Waals surface area contributed by atoms with Crippen molar-refractivity contribution in [2.24, 2.45) is 0 Å². The number of amides is 1. The third-order valence-electron chi connectivity index (χ3n) is 3.16. The van der Waals surface area contributed by atoms with E-state index in [4.69, 9.17) is 0 Å². The zero-order valence-electron chi connectivity index (χ0n) is 11.0. The van der Waals surface area contributed by atoms with Crippen molar-refractivity contribution in [3.05, 3.63) is 0 Å². The highest BCUT2D eigenvalue weighted by Crippen LogP contribution is 2.15. The first kappa shape index (κ1) is 14.0. The van der Waals surface area contributed by atoms with Gasteiger partial charge in [0.15, 0.2) is 0 Å². The van der Waals surface area contributed by atoms with Crippen LogP contribution in [0.15, 0.2) is 0 Å². The van der Waals surface area contributed by atoms with Crippen LogP contribution in [0.1, 0.15) is 33.6 Å². The molecule has 1 N–H and O–H groups in total. The summed E-state index contributed by atoms with van der Waals surface area (Å²) in [6.45, 7) is 6.87. The second-order valence-corrected chi connectivity index (χ2v) is 4.83. The van der Waals surface area contributed by atoms with Crippen LogP contribution >= 0.6 is 0 Å². The highest BCUT2D eigenvalue weighted by atomic mass is 16.5. The minimum atomic E-state index is -0.410. The van der Waals surface area contributed by atoms with Crippen LogP contribution in [0.2, 0.25) is 0 Å². The summed E-state index contributed by atoms with van der Waals surface area (Å²) < 4.78 is 4.65. The minimum Gasteiger partial charge on any atom is -0.469 e. The first-order chi connectivity index (χ1) is 7.95. The topological polar surface area (TPSA) is 58.6 Å². The van der Waals surface area contributed by atoms with Gasteiger partial charge in [-0.3, -0.25) is 14.5 Å². The van der Waals surface area contributed by atoms with E-state index in [0.29, 0.717) is 0 Å². The summed E-state index contributed by atoms with van der Waals surface area (Å²) in [7, 11) is 1.35. The first-order valence-electron chi connectivity index (χ1n) is 6.08. The van der Waals surface area contributed by atoms with Gasteiger partial charge in [0.05, 0.1) is 19.6 Å². The average molecular weight is 242 g/mol. The zero-order chi connectivity index (χ0) is 13.0. The summed E-state index contributed by atoms with van der Waals surface area (Å²) in [5, 5.41) is 2.92. The second-order valence-electron chi connectivity index (χ2n) is 4.83. The Balaban J connectivity index is 2.82. The number of nitrogens with zero attached hydrogens (tertiary/aromatic N) is 1. The van der Waals surface area contributed by atoms with Crippen LogP contribution < -0.4 is 5.32 Å². The van der Waals surface area contributed by atoms with Crippen molar-refractivity contribution >= 4 is 11.9 Å². The SMILES string of the molecule is COC(=O)CC1C(=O)NC(C)CCN1C(C)C. The van der Waals surface area contributed by atoms with Gasteiger partial charge in [0, 0.05) is 18.6 Å². The molecule has 1 heterocycles. The van der Waals surface area contributed by atoms with E-state index < -0.39 is 6.04 Å². The number of esters is 1. The number of nitrogens with one attached hydrogen (secondary N) is 1. The summed E-state index contributed by atoms with van der Waals surface area (Å²) >= 11 is 0. The Morgan fingerprint density at radius 2 is 2.24 bits per heavy atom. The van der Waals surface area contributed by atoms with Crippen LogP contribution in [0, 0.1) is 0 Å². The number of methoxy groups -OCH3 is 1. The van der Waals surface area contributed by atoms with Crippen LogP contribution in [-0.2, 0) is 14.3 Å². The van der Waals surface area contributed by atoms with Gasteiger partial charge in [0.1, 0.15) is 0 Å². The van der Waals surface area contributed by atoms with Crippen LogP contribution in [0.5, 0.6) is 0 Å². The average Bonchev–Trinajstić information content (AvgIpc) is 2.38. The Hall–Kier alpha value is -1.10. The Labute approximate surface area is 102 Å². The minimum absolute atomic E-state index is 0.0749. The number of ether oxygens (including phenoxy) is 1. The molecule has 1 rings (SSSR count). The van der Waals surface area contributed by atoms with E-state index in [1.165, 1.54) is 7.11 Å². The van der Waals surface area contributed by atoms with Crippen molar-refractivity contribution in [3.8, 4) is 0 Å². The molecule has 0 saturated carbocycles. The molecular weight excluding hydrogens is 220 g/mol. The fourth-order valence-corrected chi connectivity index (χ4v) is 2.13. The van der Waals surface area contributed by atoms with Gasteiger partial charge in [-0.15, -0.1) is 0 Å². The lowest BCUT2D eigenvalue weighted by atomic mass is 10.1. The van der Waals surface area contributed by atoms with E-state index in [2.05, 4.69) is 15.0 Å². The third-order valence-corrected chi connectivity index (χ3v) is 3.16. The van der Waals surface area contributed by atoms with E-state index in [1.807, 2.05) is 20.8 Å². The van der Waals surface area contributed by atoms with Crippen LogP contribution in [0.3, 0.4) is 0 Å². The van der Waals surface area contributed by atoms with Gasteiger partial charge in [-0.05, 0) is 27.2 Å². The van der Waals surface area contributed by atoms with Gasteiger partial charge in [-0.25, -0.2) is 0 Å². The maximum Gasteiger partial charge on any atom is 0.307 e. The Morgan fingerprint density at radius 1 is 1.59 bits per heavy atom. The molecule has 1 fully saturated rings. The maximum absolute atomic E-state index is 12.0. The highest BCUT2D eigenvalue weighted by Gasteiger charge is 2.33. The quantitative estimate of drug-likeness (QED) is 0.734. The maximum atomic E-state index is 12.0. The molecule has 0 radical (unpaired) electrons. The predicted octanol–water partition coefficient (Wildman–Crippen LogP) is 0.537. The number of hydrogen-bond acceptors (Lipinski definition) is 4. The number of carbonyl (C=O) groups excluding carboxylic acids is 2. The monoisotopic (exact) mass is 242 g/mol. The molecule has 5 heteroatoms. The zero-order valence-corrected chi connectivity index (χ0v) is 11.0. The summed E-state index contributed by atoms with van der Waals surface area (Å²) in [6, 6.07) is -0.0143. The van der Waals surface area contributed by atoms with Crippen molar-refractivity contribution in [1.29, 1.82) is 0 Å². The Morgan fingerprint density at radius 3 is 2.76 bits per heavy atom. The standard InChI is InChI=1S/C12H22N2O3/c1-8(2)14-6-5-9(3)13-12(16)10(14)7-11(15)17-4/h8-10H,5-7H2,1-4H3,(H,13,16). The molecule has 0 aromatic carbocycles. The predicted molar refractivity (Wildman–Crippen MR) is 64.5 cm³/mol. The Kier molecular flexibility index (Phi) is 4.93. The summed E-state index contributed by atoms with van der Waals surface area (Å²) in [6.07, 6.45) is 1.02. The molecule has 1 aliphatic rings. The molecular formula is C12H22N2O3. The van der Waals surface area contributed by atoms with Crippen LogP contribution in [-0.4, -0.2) is 48.6 Å². The van der Waals surface area contributed by atoms with Gasteiger partial charge in [0.2, 0.25) is 5.91 Å². The molecule has 2 atom stereocenters. The molecule has 1 saturated heterocycles. The van der Waals surface area contributed by atoms with Crippen molar-refractivity contribution in [3.63, 3.8) is 0 Å². The molecule has 1 amide bonds. The van der Waals surface area contributed by atoms with E-state index >= 15 is 0 Å². The van der Waals surface area contributed by atoms with Gasteiger partial charge < -0.3 is 10.1 Å². The third kappa shape index (κ3) is 3.70. The second kappa shape index (κ2) is 6.00. The summed E-state index contributed by atoms with van der Waals surface area (Å²) in [5.74, 6) is -0.417. The van der Waals surface area contributed by atoms with Crippen molar-refractivity contribution in [1.82, 2.24) is 10.2 Å². The van der Waals surface area contributed by atoms with Gasteiger partial charge in [0.25, 0.3) is 0 Å². The number of carbonyl (C=O) groups is 2. The molecule has 17 heavy (non-hydrogen) atoms. The highest BCUT2D eigenvalue weighted by molar-refractivity contribution is 5.87. The number of hydrogen-bond donors (Lipinski definition) is 1. The molecule has 0 bridgehead atoms. The molecule has 0 aromatic heterocycles. The Bertz CT molecular complexity index is 291. The molecule has 1 aliphatic heterocycles. The number of rotatable bonds is 3. The van der Waals surface area contributed by atoms with Gasteiger partial charge in [-0.2, -0.15) is 0 Å². The normalized spacial score (nSPS) is 26.5. The smallest absolute Gasteiger partial charge is 0.307 e. The van der Waals surface area contributed by atoms with Crippen LogP contribution in [0.4, 0.5) is 0 Å². The summed E-state index contributed by atoms with van der Waals surface area (Å²) in [4.78, 5) is 25.5. The molecule has 0 spiro atoms. The lowest BCUT2D eigenvalue weighted by Gasteiger charge is -2.30. The lowest BCUT2D eigenvalue weighted by Crippen LogP contribution is -2.49. The fraction of sp³-hybridized carbons (Fsp3) is 0.833. The molecule has 5 nitrogen and oxygen atoms in total. The molecule has 0 aromatic rings. The molecule has 2 unspecified atom stereocenters. The van der Waals surface area contributed by atoms with Crippen molar-refractivity contribution in [2.75, 3.05) is 13.7 Å². The van der Waals surface area contributed by atoms with Crippen LogP contribution in [0.25, 0.3) is 0 Å². The lowest BCUT2D eigenvalue weighted by molar-refractivity contribution is -0.145. The van der Waals surface area contributed by atoms with E-state index in [9.17, 15) is 9.59 Å². The van der Waals surface area contributed by atoms with E-state index in [0.717, 1.165) is 13.0 Å². The van der Waals surface area contributed by atoms with Crippen molar-refractivity contribution < 1.29 is 14.3 Å². The first-order valence-corrected chi connectivity index (χ1v) is 6.08. The molecule has 98 valence electrons. The van der Waals surface area contributed by atoms with Gasteiger partial charge >= 0.3 is 5.97 Å². The van der Waals surface area contributed by atoms with Crippen molar-refractivity contribution in [2.45, 2.75) is 51.7 Å². The largest absolute Gasteiger partial charge is 0.469 e. The summed E-state index contributed by atoms with van der Waals surface area (Å²) in [5.41, 5.74) is 0.